The summed E-state index contributed by atoms with van der Waals surface area (Å²) in [7, 11) is 0. The van der Waals surface area contributed by atoms with Crippen molar-refractivity contribution in [2.45, 2.75) is 33.3 Å². The third-order valence-electron chi connectivity index (χ3n) is 2.87. The number of hydrogen-bond acceptors (Lipinski definition) is 4. The third kappa shape index (κ3) is 4.55. The highest BCUT2D eigenvalue weighted by Gasteiger charge is 2.21. The van der Waals surface area contributed by atoms with E-state index in [2.05, 4.69) is 11.4 Å². The molecule has 4 heteroatoms. The third-order valence-corrected chi connectivity index (χ3v) is 2.87. The quantitative estimate of drug-likeness (QED) is 0.822. The molecule has 1 aromatic rings. The van der Waals surface area contributed by atoms with E-state index >= 15 is 0 Å². The van der Waals surface area contributed by atoms with E-state index in [1.165, 1.54) is 0 Å². The second kappa shape index (κ2) is 6.55. The summed E-state index contributed by atoms with van der Waals surface area (Å²) in [6.07, 6.45) is 0. The molecular weight excluding hydrogens is 240 g/mol. The number of aryl methyl sites for hydroxylation is 2. The summed E-state index contributed by atoms with van der Waals surface area (Å²) in [4.78, 5) is 0. The molecule has 1 unspecified atom stereocenters. The predicted molar refractivity (Wildman–Crippen MR) is 75.3 cm³/mol. The maximum absolute atomic E-state index is 10.1. The molecule has 0 aliphatic heterocycles. The van der Waals surface area contributed by atoms with Crippen LogP contribution < -0.4 is 10.1 Å². The SMILES string of the molecule is CCNCC(C)(O)COc1c(C)cc(C#N)cc1C. The van der Waals surface area contributed by atoms with Crippen LogP contribution in [0, 0.1) is 25.2 Å². The van der Waals surface area contributed by atoms with E-state index in [0.29, 0.717) is 12.1 Å². The summed E-state index contributed by atoms with van der Waals surface area (Å²) in [6.45, 7) is 9.05. The van der Waals surface area contributed by atoms with Gasteiger partial charge in [-0.05, 0) is 50.6 Å². The summed E-state index contributed by atoms with van der Waals surface area (Å²) in [6, 6.07) is 5.71. The van der Waals surface area contributed by atoms with Gasteiger partial charge in [-0.1, -0.05) is 6.92 Å². The van der Waals surface area contributed by atoms with Crippen molar-refractivity contribution < 1.29 is 9.84 Å². The zero-order valence-electron chi connectivity index (χ0n) is 12.1. The molecule has 1 aromatic carbocycles. The topological polar surface area (TPSA) is 65.3 Å². The van der Waals surface area contributed by atoms with E-state index in [4.69, 9.17) is 10.00 Å². The van der Waals surface area contributed by atoms with Gasteiger partial charge in [-0.15, -0.1) is 0 Å². The number of nitrogens with zero attached hydrogens (tertiary/aromatic N) is 1. The average molecular weight is 262 g/mol. The number of benzene rings is 1. The Bertz CT molecular complexity index is 453. The van der Waals surface area contributed by atoms with Crippen LogP contribution in [-0.4, -0.2) is 30.4 Å². The van der Waals surface area contributed by atoms with Crippen LogP contribution in [0.3, 0.4) is 0 Å². The van der Waals surface area contributed by atoms with Gasteiger partial charge in [0.25, 0.3) is 0 Å². The highest BCUT2D eigenvalue weighted by molar-refractivity contribution is 5.47. The maximum atomic E-state index is 10.1. The van der Waals surface area contributed by atoms with Gasteiger partial charge < -0.3 is 15.2 Å². The average Bonchev–Trinajstić information content (AvgIpc) is 2.35. The number of nitrogens with one attached hydrogen (secondary N) is 1. The van der Waals surface area contributed by atoms with Gasteiger partial charge in [-0.3, -0.25) is 0 Å². The lowest BCUT2D eigenvalue weighted by Gasteiger charge is -2.25. The van der Waals surface area contributed by atoms with E-state index in [1.807, 2.05) is 20.8 Å². The van der Waals surface area contributed by atoms with Crippen molar-refractivity contribution >= 4 is 0 Å². The molecule has 104 valence electrons. The van der Waals surface area contributed by atoms with E-state index in [0.717, 1.165) is 23.4 Å². The highest BCUT2D eigenvalue weighted by Crippen LogP contribution is 2.25. The van der Waals surface area contributed by atoms with Crippen molar-refractivity contribution in [3.8, 4) is 11.8 Å². The van der Waals surface area contributed by atoms with E-state index in [1.54, 1.807) is 19.1 Å². The second-order valence-corrected chi connectivity index (χ2v) is 5.12. The Hall–Kier alpha value is -1.57. The van der Waals surface area contributed by atoms with Crippen LogP contribution in [0.4, 0.5) is 0 Å². The Morgan fingerprint density at radius 2 is 1.95 bits per heavy atom. The van der Waals surface area contributed by atoms with Gasteiger partial charge in [-0.2, -0.15) is 5.26 Å². The molecule has 0 amide bonds. The first kappa shape index (κ1) is 15.5. The Balaban J connectivity index is 2.76. The molecule has 0 aliphatic carbocycles. The van der Waals surface area contributed by atoms with Crippen LogP contribution in [0.1, 0.15) is 30.5 Å². The molecule has 0 aliphatic rings. The Kier molecular flexibility index (Phi) is 5.34. The molecular formula is C15H22N2O2. The maximum Gasteiger partial charge on any atom is 0.125 e. The molecule has 0 aromatic heterocycles. The molecule has 0 radical (unpaired) electrons. The number of hydrogen-bond donors (Lipinski definition) is 2. The lowest BCUT2D eigenvalue weighted by Crippen LogP contribution is -2.42. The van der Waals surface area contributed by atoms with Crippen molar-refractivity contribution in [2.24, 2.45) is 0 Å². The van der Waals surface area contributed by atoms with Gasteiger partial charge >= 0.3 is 0 Å². The number of likely N-dealkylation sites (N-methyl/N-ethyl adjacent to an activating group) is 1. The van der Waals surface area contributed by atoms with E-state index in [-0.39, 0.29) is 6.61 Å². The molecule has 0 fully saturated rings. The summed E-state index contributed by atoms with van der Waals surface area (Å²) in [5, 5.41) is 22.1. The lowest BCUT2D eigenvalue weighted by molar-refractivity contribution is 0.0123. The number of aliphatic hydroxyl groups is 1. The molecule has 4 nitrogen and oxygen atoms in total. The molecule has 0 saturated heterocycles. The van der Waals surface area contributed by atoms with Gasteiger partial charge in [0, 0.05) is 6.54 Å². The van der Waals surface area contributed by atoms with Crippen LogP contribution in [0.25, 0.3) is 0 Å². The van der Waals surface area contributed by atoms with Gasteiger partial charge in [-0.25, -0.2) is 0 Å². The largest absolute Gasteiger partial charge is 0.490 e. The molecule has 0 saturated carbocycles. The van der Waals surface area contributed by atoms with Crippen LogP contribution in [0.5, 0.6) is 5.75 Å². The minimum atomic E-state index is -0.914. The van der Waals surface area contributed by atoms with E-state index in [9.17, 15) is 5.11 Å². The van der Waals surface area contributed by atoms with Gasteiger partial charge in [0.05, 0.1) is 11.6 Å². The smallest absolute Gasteiger partial charge is 0.125 e. The number of nitriles is 1. The monoisotopic (exact) mass is 262 g/mol. The lowest BCUT2D eigenvalue weighted by atomic mass is 10.1. The zero-order chi connectivity index (χ0) is 14.5. The first-order valence-corrected chi connectivity index (χ1v) is 6.47. The van der Waals surface area contributed by atoms with Crippen molar-refractivity contribution in [2.75, 3.05) is 19.7 Å². The van der Waals surface area contributed by atoms with Gasteiger partial charge in [0.1, 0.15) is 18.0 Å². The summed E-state index contributed by atoms with van der Waals surface area (Å²) in [5.41, 5.74) is 1.54. The van der Waals surface area contributed by atoms with Gasteiger partial charge in [0.15, 0.2) is 0 Å². The normalized spacial score (nSPS) is 13.7. The predicted octanol–water partition coefficient (Wildman–Crippen LogP) is 1.91. The second-order valence-electron chi connectivity index (χ2n) is 5.12. The molecule has 0 heterocycles. The fraction of sp³-hybridized carbons (Fsp3) is 0.533. The molecule has 0 bridgehead atoms. The van der Waals surface area contributed by atoms with Crippen LogP contribution in [0.15, 0.2) is 12.1 Å². The Labute approximate surface area is 115 Å². The minimum Gasteiger partial charge on any atom is -0.490 e. The Morgan fingerprint density at radius 1 is 1.37 bits per heavy atom. The molecule has 0 spiro atoms. The van der Waals surface area contributed by atoms with Gasteiger partial charge in [0.2, 0.25) is 0 Å². The fourth-order valence-corrected chi connectivity index (χ4v) is 1.92. The summed E-state index contributed by atoms with van der Waals surface area (Å²) in [5.74, 6) is 0.746. The number of ether oxygens (including phenoxy) is 1. The van der Waals surface area contributed by atoms with Crippen molar-refractivity contribution in [1.29, 1.82) is 5.26 Å². The highest BCUT2D eigenvalue weighted by atomic mass is 16.5. The molecule has 2 N–H and O–H groups in total. The molecule has 1 atom stereocenters. The van der Waals surface area contributed by atoms with Crippen molar-refractivity contribution in [3.63, 3.8) is 0 Å². The molecule has 19 heavy (non-hydrogen) atoms. The van der Waals surface area contributed by atoms with Crippen LogP contribution >= 0.6 is 0 Å². The summed E-state index contributed by atoms with van der Waals surface area (Å²) >= 11 is 0. The van der Waals surface area contributed by atoms with Crippen LogP contribution in [0.2, 0.25) is 0 Å². The first-order valence-electron chi connectivity index (χ1n) is 6.47. The minimum absolute atomic E-state index is 0.216. The van der Waals surface area contributed by atoms with Crippen LogP contribution in [-0.2, 0) is 0 Å². The molecule has 1 rings (SSSR count). The van der Waals surface area contributed by atoms with Crippen molar-refractivity contribution in [3.05, 3.63) is 28.8 Å². The Morgan fingerprint density at radius 3 is 2.42 bits per heavy atom. The summed E-state index contributed by atoms with van der Waals surface area (Å²) < 4.78 is 5.73. The first-order chi connectivity index (χ1) is 8.89. The number of rotatable bonds is 6. The van der Waals surface area contributed by atoms with E-state index < -0.39 is 5.60 Å². The fourth-order valence-electron chi connectivity index (χ4n) is 1.92. The standard InChI is InChI=1S/C15H22N2O2/c1-5-17-9-15(4,18)10-19-14-11(2)6-13(8-16)7-12(14)3/h6-7,17-18H,5,9-10H2,1-4H3. The zero-order valence-corrected chi connectivity index (χ0v) is 12.1. The van der Waals surface area contributed by atoms with Crippen molar-refractivity contribution in [1.82, 2.24) is 5.32 Å².